The summed E-state index contributed by atoms with van der Waals surface area (Å²) in [7, 11) is -0.431. The molecule has 10 heteroatoms. The Morgan fingerprint density at radius 3 is 2.60 bits per heavy atom. The van der Waals surface area contributed by atoms with Gasteiger partial charge in [-0.25, -0.2) is 18.2 Å². The summed E-state index contributed by atoms with van der Waals surface area (Å²) >= 11 is 0. The van der Waals surface area contributed by atoms with E-state index in [1.54, 1.807) is 25.1 Å². The number of imidazole rings is 1. The zero-order valence-electron chi connectivity index (χ0n) is 17.6. The van der Waals surface area contributed by atoms with Crippen LogP contribution in [0.5, 0.6) is 0 Å². The molecule has 0 aliphatic carbocycles. The van der Waals surface area contributed by atoms with E-state index < -0.39 is 22.0 Å². The first-order valence-corrected chi connectivity index (χ1v) is 11.5. The maximum absolute atomic E-state index is 12.9. The summed E-state index contributed by atoms with van der Waals surface area (Å²) in [6.07, 6.45) is 3.33. The molecule has 1 saturated heterocycles. The number of ether oxygens (including phenoxy) is 1. The lowest BCUT2D eigenvalue weighted by molar-refractivity contribution is -0.144. The Bertz CT molecular complexity index is 1040. The fraction of sp³-hybridized carbons (Fsp3) is 0.550. The molecule has 1 aliphatic heterocycles. The van der Waals surface area contributed by atoms with Gasteiger partial charge in [0.1, 0.15) is 11.9 Å². The van der Waals surface area contributed by atoms with E-state index in [0.29, 0.717) is 30.9 Å². The van der Waals surface area contributed by atoms with Crippen molar-refractivity contribution in [1.29, 1.82) is 0 Å². The Labute approximate surface area is 176 Å². The highest BCUT2D eigenvalue weighted by molar-refractivity contribution is 7.89. The van der Waals surface area contributed by atoms with Gasteiger partial charge in [0.2, 0.25) is 15.9 Å². The van der Waals surface area contributed by atoms with E-state index in [-0.39, 0.29) is 17.2 Å². The maximum atomic E-state index is 12.9. The molecule has 0 spiro atoms. The summed E-state index contributed by atoms with van der Waals surface area (Å²) in [5, 5.41) is 2.58. The lowest BCUT2D eigenvalue weighted by Gasteiger charge is -2.25. The van der Waals surface area contributed by atoms with Crippen molar-refractivity contribution in [3.8, 4) is 0 Å². The number of benzene rings is 1. The largest absolute Gasteiger partial charge is 0.467 e. The van der Waals surface area contributed by atoms with Crippen molar-refractivity contribution < 1.29 is 22.7 Å². The number of nitrogens with one attached hydrogen (secondary N) is 1. The SMILES string of the molecule is COC(=O)C(C)NC(=O)CCc1nc2cc(S(=O)(=O)N3CCCCC3)ccc2n1C. The number of aryl methyl sites for hydroxylation is 2. The third-order valence-corrected chi connectivity index (χ3v) is 7.30. The number of rotatable bonds is 7. The van der Waals surface area contributed by atoms with Crippen molar-refractivity contribution in [2.24, 2.45) is 7.05 Å². The molecule has 0 radical (unpaired) electrons. The van der Waals surface area contributed by atoms with Crippen LogP contribution in [0.3, 0.4) is 0 Å². The quantitative estimate of drug-likeness (QED) is 0.656. The zero-order valence-corrected chi connectivity index (χ0v) is 18.4. The number of amides is 1. The predicted octanol–water partition coefficient (Wildman–Crippen LogP) is 1.36. The monoisotopic (exact) mass is 436 g/mol. The molecule has 1 amide bonds. The highest BCUT2D eigenvalue weighted by Crippen LogP contribution is 2.24. The fourth-order valence-corrected chi connectivity index (χ4v) is 5.18. The van der Waals surface area contributed by atoms with Crippen LogP contribution in [-0.2, 0) is 37.8 Å². The normalized spacial score (nSPS) is 16.4. The minimum atomic E-state index is -3.53. The van der Waals surface area contributed by atoms with Crippen LogP contribution < -0.4 is 5.32 Å². The fourth-order valence-electron chi connectivity index (χ4n) is 3.64. The summed E-state index contributed by atoms with van der Waals surface area (Å²) in [5.41, 5.74) is 1.37. The highest BCUT2D eigenvalue weighted by Gasteiger charge is 2.26. The molecule has 30 heavy (non-hydrogen) atoms. The molecule has 1 unspecified atom stereocenters. The first kappa shape index (κ1) is 22.2. The van der Waals surface area contributed by atoms with Gasteiger partial charge in [-0.05, 0) is 38.0 Å². The van der Waals surface area contributed by atoms with Gasteiger partial charge in [0.15, 0.2) is 0 Å². The van der Waals surface area contributed by atoms with Crippen LogP contribution in [0.4, 0.5) is 0 Å². The highest BCUT2D eigenvalue weighted by atomic mass is 32.2. The van der Waals surface area contributed by atoms with Crippen LogP contribution in [0, 0.1) is 0 Å². The van der Waals surface area contributed by atoms with Crippen molar-refractivity contribution in [1.82, 2.24) is 19.2 Å². The summed E-state index contributed by atoms with van der Waals surface area (Å²) in [6, 6.07) is 4.25. The molecular weight excluding hydrogens is 408 g/mol. The summed E-state index contributed by atoms with van der Waals surface area (Å²) in [6.45, 7) is 2.66. The molecule has 2 heterocycles. The number of carbonyl (C=O) groups excluding carboxylic acids is 2. The molecule has 1 aromatic carbocycles. The zero-order chi connectivity index (χ0) is 21.9. The molecule has 9 nitrogen and oxygen atoms in total. The van der Waals surface area contributed by atoms with Crippen molar-refractivity contribution in [2.75, 3.05) is 20.2 Å². The average molecular weight is 437 g/mol. The lowest BCUT2D eigenvalue weighted by atomic mass is 10.2. The molecule has 0 saturated carbocycles. The molecule has 164 valence electrons. The molecule has 2 aromatic rings. The summed E-state index contributed by atoms with van der Waals surface area (Å²) in [4.78, 5) is 28.3. The van der Waals surface area contributed by atoms with Crippen molar-refractivity contribution in [3.63, 3.8) is 0 Å². The van der Waals surface area contributed by atoms with E-state index in [4.69, 9.17) is 0 Å². The van der Waals surface area contributed by atoms with Gasteiger partial charge in [-0.2, -0.15) is 4.31 Å². The van der Waals surface area contributed by atoms with Gasteiger partial charge in [0.25, 0.3) is 0 Å². The van der Waals surface area contributed by atoms with E-state index >= 15 is 0 Å². The topological polar surface area (TPSA) is 111 Å². The number of aromatic nitrogens is 2. The molecule has 1 aliphatic rings. The Kier molecular flexibility index (Phi) is 6.77. The molecule has 1 atom stereocenters. The number of hydrogen-bond donors (Lipinski definition) is 1. The second-order valence-corrected chi connectivity index (χ2v) is 9.45. The first-order valence-electron chi connectivity index (χ1n) is 10.1. The smallest absolute Gasteiger partial charge is 0.328 e. The van der Waals surface area contributed by atoms with Crippen LogP contribution >= 0.6 is 0 Å². The van der Waals surface area contributed by atoms with E-state index in [9.17, 15) is 18.0 Å². The number of fused-ring (bicyclic) bond motifs is 1. The number of methoxy groups -OCH3 is 1. The number of hydrogen-bond acceptors (Lipinski definition) is 6. The first-order chi connectivity index (χ1) is 14.2. The number of piperidine rings is 1. The number of sulfonamides is 1. The van der Waals surface area contributed by atoms with Crippen LogP contribution in [-0.4, -0.2) is 60.4 Å². The molecule has 1 fully saturated rings. The average Bonchev–Trinajstić information content (AvgIpc) is 3.07. The van der Waals surface area contributed by atoms with Crippen LogP contribution in [0.15, 0.2) is 23.1 Å². The third kappa shape index (κ3) is 4.65. The van der Waals surface area contributed by atoms with Gasteiger partial charge in [-0.1, -0.05) is 6.42 Å². The van der Waals surface area contributed by atoms with Crippen LogP contribution in [0.1, 0.15) is 38.4 Å². The molecule has 1 aromatic heterocycles. The van der Waals surface area contributed by atoms with Gasteiger partial charge >= 0.3 is 5.97 Å². The van der Waals surface area contributed by atoms with E-state index in [2.05, 4.69) is 15.0 Å². The Hall–Kier alpha value is -2.46. The number of nitrogens with zero attached hydrogens (tertiary/aromatic N) is 3. The molecular formula is C20H28N4O5S. The van der Waals surface area contributed by atoms with Crippen molar-refractivity contribution >= 4 is 32.9 Å². The van der Waals surface area contributed by atoms with E-state index in [0.717, 1.165) is 24.8 Å². The molecule has 3 rings (SSSR count). The minimum absolute atomic E-state index is 0.150. The Morgan fingerprint density at radius 2 is 1.93 bits per heavy atom. The van der Waals surface area contributed by atoms with Crippen LogP contribution in [0.2, 0.25) is 0 Å². The Balaban J connectivity index is 1.74. The second-order valence-electron chi connectivity index (χ2n) is 7.51. The Morgan fingerprint density at radius 1 is 1.23 bits per heavy atom. The molecule has 0 bridgehead atoms. The van der Waals surface area contributed by atoms with Gasteiger partial charge in [-0.15, -0.1) is 0 Å². The van der Waals surface area contributed by atoms with Crippen LogP contribution in [0.25, 0.3) is 11.0 Å². The maximum Gasteiger partial charge on any atom is 0.328 e. The van der Waals surface area contributed by atoms with Gasteiger partial charge < -0.3 is 14.6 Å². The van der Waals surface area contributed by atoms with E-state index in [1.165, 1.54) is 11.4 Å². The number of carbonyl (C=O) groups is 2. The second kappa shape index (κ2) is 9.13. The summed E-state index contributed by atoms with van der Waals surface area (Å²) < 4.78 is 33.8. The van der Waals surface area contributed by atoms with E-state index in [1.807, 2.05) is 11.6 Å². The van der Waals surface area contributed by atoms with Crippen molar-refractivity contribution in [2.45, 2.75) is 50.0 Å². The van der Waals surface area contributed by atoms with Gasteiger partial charge in [-0.3, -0.25) is 4.79 Å². The van der Waals surface area contributed by atoms with Gasteiger partial charge in [0.05, 0.1) is 23.0 Å². The standard InChI is InChI=1S/C20H28N4O5S/c1-14(20(26)29-3)21-19(25)10-9-18-22-16-13-15(7-8-17(16)23(18)2)30(27,28)24-11-5-4-6-12-24/h7-8,13-14H,4-6,9-12H2,1-3H3,(H,21,25). The molecule has 1 N–H and O–H groups in total. The summed E-state index contributed by atoms with van der Waals surface area (Å²) in [5.74, 6) is -0.125. The lowest BCUT2D eigenvalue weighted by Crippen LogP contribution is -2.39. The predicted molar refractivity (Wildman–Crippen MR) is 111 cm³/mol. The van der Waals surface area contributed by atoms with Gasteiger partial charge in [0, 0.05) is 33.0 Å². The van der Waals surface area contributed by atoms with Crippen molar-refractivity contribution in [3.05, 3.63) is 24.0 Å². The minimum Gasteiger partial charge on any atom is -0.467 e. The number of esters is 1. The third-order valence-electron chi connectivity index (χ3n) is 5.41.